The van der Waals surface area contributed by atoms with E-state index in [9.17, 15) is 14.9 Å². The number of imide groups is 1. The van der Waals surface area contributed by atoms with Crippen molar-refractivity contribution in [1.29, 1.82) is 5.26 Å². The lowest BCUT2D eigenvalue weighted by atomic mass is 10.1. The van der Waals surface area contributed by atoms with Gasteiger partial charge in [-0.3, -0.25) is 14.5 Å². The molecule has 1 aliphatic heterocycles. The molecule has 3 aromatic rings. The first-order valence-electron chi connectivity index (χ1n) is 8.87. The minimum absolute atomic E-state index is 0.0330. The molecule has 0 spiro atoms. The average molecular weight is 397 g/mol. The molecule has 0 radical (unpaired) electrons. The molecule has 2 amide bonds. The molecule has 4 rings (SSSR count). The Morgan fingerprint density at radius 3 is 2.66 bits per heavy atom. The van der Waals surface area contributed by atoms with Crippen LogP contribution in [0.3, 0.4) is 0 Å². The molecular formula is C23H15N3O2S. The van der Waals surface area contributed by atoms with E-state index in [0.29, 0.717) is 17.0 Å². The van der Waals surface area contributed by atoms with Crippen molar-refractivity contribution in [3.05, 3.63) is 76.3 Å². The molecule has 0 N–H and O–H groups in total. The van der Waals surface area contributed by atoms with E-state index >= 15 is 0 Å². The van der Waals surface area contributed by atoms with Gasteiger partial charge in [0.2, 0.25) is 0 Å². The van der Waals surface area contributed by atoms with Gasteiger partial charge in [0.1, 0.15) is 0 Å². The van der Waals surface area contributed by atoms with Crippen LogP contribution in [0.5, 0.6) is 0 Å². The molecule has 0 atom stereocenters. The number of thioether (sulfide) groups is 1. The third-order valence-corrected chi connectivity index (χ3v) is 5.61. The number of carbonyl (C=O) groups is 2. The fraction of sp³-hybridized carbons (Fsp3) is 0.0870. The number of nitriles is 1. The Kier molecular flexibility index (Phi) is 4.95. The van der Waals surface area contributed by atoms with Gasteiger partial charge >= 0.3 is 0 Å². The van der Waals surface area contributed by atoms with Gasteiger partial charge in [-0.15, -0.1) is 6.42 Å². The van der Waals surface area contributed by atoms with E-state index in [0.717, 1.165) is 38.7 Å². The number of fused-ring (bicyclic) bond motifs is 1. The van der Waals surface area contributed by atoms with Gasteiger partial charge in [-0.25, -0.2) is 0 Å². The van der Waals surface area contributed by atoms with Crippen LogP contribution in [0.1, 0.15) is 16.7 Å². The van der Waals surface area contributed by atoms with E-state index in [2.05, 4.69) is 12.0 Å². The van der Waals surface area contributed by atoms with Gasteiger partial charge in [0, 0.05) is 29.2 Å². The largest absolute Gasteiger partial charge is 0.342 e. The summed E-state index contributed by atoms with van der Waals surface area (Å²) >= 11 is 0.895. The summed E-state index contributed by atoms with van der Waals surface area (Å²) < 4.78 is 2.04. The van der Waals surface area contributed by atoms with Crippen LogP contribution in [0.25, 0.3) is 17.0 Å². The molecule has 1 aliphatic rings. The summed E-state index contributed by atoms with van der Waals surface area (Å²) in [5, 5.41) is 9.98. The van der Waals surface area contributed by atoms with Crippen molar-refractivity contribution in [1.82, 2.24) is 9.47 Å². The Morgan fingerprint density at radius 1 is 1.10 bits per heavy atom. The average Bonchev–Trinajstić information content (AvgIpc) is 3.21. The molecule has 0 unspecified atom stereocenters. The SMILES string of the molecule is C#CCN1C(=O)SC(=Cc2cn(Cc3ccccc3C#N)c3ccccc23)C1=O. The zero-order valence-electron chi connectivity index (χ0n) is 15.3. The van der Waals surface area contributed by atoms with Gasteiger partial charge in [-0.2, -0.15) is 5.26 Å². The van der Waals surface area contributed by atoms with Gasteiger partial charge in [-0.05, 0) is 35.5 Å². The fourth-order valence-electron chi connectivity index (χ4n) is 3.34. The zero-order valence-corrected chi connectivity index (χ0v) is 16.1. The molecule has 2 heterocycles. The molecule has 29 heavy (non-hydrogen) atoms. The molecule has 6 heteroatoms. The summed E-state index contributed by atoms with van der Waals surface area (Å²) in [5.41, 5.74) is 3.36. The molecule has 1 saturated heterocycles. The first-order chi connectivity index (χ1) is 14.1. The maximum Gasteiger partial charge on any atom is 0.294 e. The normalized spacial score (nSPS) is 15.1. The van der Waals surface area contributed by atoms with Gasteiger partial charge < -0.3 is 4.57 Å². The monoisotopic (exact) mass is 397 g/mol. The van der Waals surface area contributed by atoms with Crippen LogP contribution in [0.15, 0.2) is 59.6 Å². The van der Waals surface area contributed by atoms with Crippen molar-refractivity contribution in [2.24, 2.45) is 0 Å². The maximum absolute atomic E-state index is 12.5. The molecule has 0 bridgehead atoms. The van der Waals surface area contributed by atoms with Crippen LogP contribution in [0, 0.1) is 23.7 Å². The third-order valence-electron chi connectivity index (χ3n) is 4.71. The summed E-state index contributed by atoms with van der Waals surface area (Å²) in [6, 6.07) is 17.5. The van der Waals surface area contributed by atoms with E-state index in [-0.39, 0.29) is 17.7 Å². The molecular weight excluding hydrogens is 382 g/mol. The topological polar surface area (TPSA) is 66.1 Å². The van der Waals surface area contributed by atoms with Crippen molar-refractivity contribution in [3.8, 4) is 18.4 Å². The fourth-order valence-corrected chi connectivity index (χ4v) is 4.17. The number of aromatic nitrogens is 1. The van der Waals surface area contributed by atoms with Crippen molar-refractivity contribution in [3.63, 3.8) is 0 Å². The number of rotatable bonds is 4. The molecule has 5 nitrogen and oxygen atoms in total. The summed E-state index contributed by atoms with van der Waals surface area (Å²) in [6.07, 6.45) is 8.93. The van der Waals surface area contributed by atoms with E-state index in [1.165, 1.54) is 0 Å². The first-order valence-corrected chi connectivity index (χ1v) is 9.68. The summed E-state index contributed by atoms with van der Waals surface area (Å²) in [4.78, 5) is 26.0. The minimum atomic E-state index is -0.371. The highest BCUT2D eigenvalue weighted by Crippen LogP contribution is 2.34. The van der Waals surface area contributed by atoms with Crippen LogP contribution in [0.2, 0.25) is 0 Å². The highest BCUT2D eigenvalue weighted by Gasteiger charge is 2.34. The van der Waals surface area contributed by atoms with Gasteiger partial charge in [0.15, 0.2) is 0 Å². The Morgan fingerprint density at radius 2 is 1.86 bits per heavy atom. The van der Waals surface area contributed by atoms with Crippen LogP contribution in [0.4, 0.5) is 4.79 Å². The van der Waals surface area contributed by atoms with E-state index in [4.69, 9.17) is 6.42 Å². The number of benzene rings is 2. The lowest BCUT2D eigenvalue weighted by Crippen LogP contribution is -2.28. The molecule has 1 fully saturated rings. The second kappa shape index (κ2) is 7.71. The van der Waals surface area contributed by atoms with Crippen LogP contribution < -0.4 is 0 Å². The van der Waals surface area contributed by atoms with Crippen molar-refractivity contribution >= 4 is 39.9 Å². The Bertz CT molecular complexity index is 1260. The lowest BCUT2D eigenvalue weighted by molar-refractivity contribution is -0.122. The number of terminal acetylenes is 1. The van der Waals surface area contributed by atoms with Crippen molar-refractivity contribution < 1.29 is 9.59 Å². The molecule has 140 valence electrons. The Labute approximate surface area is 172 Å². The lowest BCUT2D eigenvalue weighted by Gasteiger charge is -2.07. The highest BCUT2D eigenvalue weighted by atomic mass is 32.2. The van der Waals surface area contributed by atoms with E-state index < -0.39 is 0 Å². The predicted molar refractivity (Wildman–Crippen MR) is 114 cm³/mol. The van der Waals surface area contributed by atoms with E-state index in [1.807, 2.05) is 53.2 Å². The molecule has 2 aromatic carbocycles. The second-order valence-electron chi connectivity index (χ2n) is 6.47. The number of hydrogen-bond donors (Lipinski definition) is 0. The van der Waals surface area contributed by atoms with Crippen LogP contribution in [-0.2, 0) is 11.3 Å². The predicted octanol–water partition coefficient (Wildman–Crippen LogP) is 4.23. The van der Waals surface area contributed by atoms with Gasteiger partial charge in [0.25, 0.3) is 11.1 Å². The zero-order chi connectivity index (χ0) is 20.4. The molecule has 0 saturated carbocycles. The van der Waals surface area contributed by atoms with Gasteiger partial charge in [0.05, 0.1) is 23.1 Å². The number of hydrogen-bond acceptors (Lipinski definition) is 4. The number of amides is 2. The number of nitrogens with zero attached hydrogens (tertiary/aromatic N) is 3. The first kappa shape index (κ1) is 18.6. The van der Waals surface area contributed by atoms with E-state index in [1.54, 1.807) is 12.1 Å². The summed E-state index contributed by atoms with van der Waals surface area (Å²) in [5.74, 6) is 1.97. The third kappa shape index (κ3) is 3.42. The van der Waals surface area contributed by atoms with Crippen molar-refractivity contribution in [2.45, 2.75) is 6.54 Å². The molecule has 1 aromatic heterocycles. The maximum atomic E-state index is 12.5. The van der Waals surface area contributed by atoms with Crippen LogP contribution >= 0.6 is 11.8 Å². The number of para-hydroxylation sites is 1. The Hall–Kier alpha value is -3.74. The number of carbonyl (C=O) groups excluding carboxylic acids is 2. The van der Waals surface area contributed by atoms with Crippen molar-refractivity contribution in [2.75, 3.05) is 6.54 Å². The highest BCUT2D eigenvalue weighted by molar-refractivity contribution is 8.18. The summed E-state index contributed by atoms with van der Waals surface area (Å²) in [6.45, 7) is 0.491. The Balaban J connectivity index is 1.76. The minimum Gasteiger partial charge on any atom is -0.342 e. The standard InChI is InChI=1S/C23H15N3O2S/c1-2-11-26-22(27)21(29-23(26)28)12-18-15-25(20-10-6-5-9-19(18)20)14-17-8-4-3-7-16(17)13-24/h1,3-10,12,15H,11,14H2. The quantitative estimate of drug-likeness (QED) is 0.488. The van der Waals surface area contributed by atoms with Gasteiger partial charge in [-0.1, -0.05) is 42.3 Å². The molecule has 0 aliphatic carbocycles. The second-order valence-corrected chi connectivity index (χ2v) is 7.46. The smallest absolute Gasteiger partial charge is 0.294 e. The summed E-state index contributed by atoms with van der Waals surface area (Å²) in [7, 11) is 0. The van der Waals surface area contributed by atoms with Crippen LogP contribution in [-0.4, -0.2) is 27.2 Å².